The average Bonchev–Trinajstić information content (AvgIpc) is 3.32. The van der Waals surface area contributed by atoms with Gasteiger partial charge in [0, 0.05) is 33.5 Å². The molecule has 33 heavy (non-hydrogen) atoms. The number of aryl methyl sites for hydroxylation is 3. The second-order valence-electron chi connectivity index (χ2n) is 7.59. The monoisotopic (exact) mass is 463 g/mol. The van der Waals surface area contributed by atoms with Crippen molar-refractivity contribution >= 4 is 45.8 Å². The van der Waals surface area contributed by atoms with E-state index < -0.39 is 12.6 Å². The van der Waals surface area contributed by atoms with Crippen LogP contribution < -0.4 is 5.32 Å². The van der Waals surface area contributed by atoms with Gasteiger partial charge in [0.25, 0.3) is 5.71 Å². The fourth-order valence-electron chi connectivity index (χ4n) is 3.51. The molecule has 0 radical (unpaired) electrons. The van der Waals surface area contributed by atoms with E-state index in [9.17, 15) is 14.4 Å². The first-order valence-corrected chi connectivity index (χ1v) is 11.0. The van der Waals surface area contributed by atoms with Crippen LogP contribution in [0.25, 0.3) is 22.4 Å². The minimum atomic E-state index is -0.664. The Bertz CT molecular complexity index is 1390. The highest BCUT2D eigenvalue weighted by molar-refractivity contribution is 7.12. The Balaban J connectivity index is 1.57. The molecular weight excluding hydrogens is 442 g/mol. The Morgan fingerprint density at radius 3 is 2.45 bits per heavy atom. The number of amides is 1. The number of hydrogen-bond donors (Lipinski definition) is 1. The van der Waals surface area contributed by atoms with E-state index in [1.54, 1.807) is 48.6 Å². The fourth-order valence-corrected chi connectivity index (χ4v) is 4.45. The third kappa shape index (κ3) is 4.68. The third-order valence-corrected chi connectivity index (χ3v) is 5.98. The van der Waals surface area contributed by atoms with Gasteiger partial charge in [0.05, 0.1) is 22.3 Å². The fraction of sp³-hybridized carbons (Fsp3) is 0.208. The third-order valence-electron chi connectivity index (χ3n) is 5.02. The molecule has 4 aromatic rings. The number of rotatable bonds is 6. The van der Waals surface area contributed by atoms with Gasteiger partial charge >= 0.3 is 5.97 Å². The van der Waals surface area contributed by atoms with Crippen LogP contribution in [0.2, 0.25) is 0 Å². The molecule has 0 aliphatic carbocycles. The molecule has 9 heteroatoms. The number of ketones is 1. The van der Waals surface area contributed by atoms with Crippen molar-refractivity contribution in [1.29, 1.82) is 0 Å². The molecule has 1 aromatic carbocycles. The van der Waals surface area contributed by atoms with Crippen LogP contribution in [0, 0.1) is 20.8 Å². The first-order chi connectivity index (χ1) is 15.7. The van der Waals surface area contributed by atoms with Crippen molar-refractivity contribution in [3.8, 4) is 11.3 Å². The molecule has 0 bridgehead atoms. The summed E-state index contributed by atoms with van der Waals surface area (Å²) in [7, 11) is 0. The molecule has 1 N–H and O–H groups in total. The van der Waals surface area contributed by atoms with Crippen LogP contribution in [0.3, 0.4) is 0 Å². The second-order valence-corrected chi connectivity index (χ2v) is 9.05. The van der Waals surface area contributed by atoms with Crippen molar-refractivity contribution in [3.05, 3.63) is 63.0 Å². The molecule has 0 saturated carbocycles. The van der Waals surface area contributed by atoms with Crippen molar-refractivity contribution < 1.29 is 23.6 Å². The summed E-state index contributed by atoms with van der Waals surface area (Å²) in [4.78, 5) is 43.3. The van der Waals surface area contributed by atoms with Crippen LogP contribution >= 0.6 is 11.3 Å². The number of esters is 1. The molecule has 3 heterocycles. The van der Waals surface area contributed by atoms with Gasteiger partial charge in [0.15, 0.2) is 12.4 Å². The van der Waals surface area contributed by atoms with Gasteiger partial charge in [-0.3, -0.25) is 9.59 Å². The van der Waals surface area contributed by atoms with Crippen molar-refractivity contribution in [2.45, 2.75) is 27.7 Å². The average molecular weight is 464 g/mol. The van der Waals surface area contributed by atoms with E-state index in [2.05, 4.69) is 15.5 Å². The molecule has 1 amide bonds. The van der Waals surface area contributed by atoms with E-state index in [-0.39, 0.29) is 23.0 Å². The molecule has 0 aliphatic heterocycles. The van der Waals surface area contributed by atoms with Crippen LogP contribution in [-0.2, 0) is 9.53 Å². The largest absolute Gasteiger partial charge is 0.454 e. The van der Waals surface area contributed by atoms with E-state index in [0.717, 1.165) is 15.3 Å². The Kier molecular flexibility index (Phi) is 6.06. The lowest BCUT2D eigenvalue weighted by Crippen LogP contribution is -2.15. The summed E-state index contributed by atoms with van der Waals surface area (Å²) in [5.41, 5.74) is 3.40. The highest BCUT2D eigenvalue weighted by Crippen LogP contribution is 2.33. The number of aromatic nitrogens is 2. The summed E-state index contributed by atoms with van der Waals surface area (Å²) in [6.07, 6.45) is 0. The molecule has 0 aliphatic rings. The maximum atomic E-state index is 13.0. The molecule has 0 spiro atoms. The molecule has 4 rings (SSSR count). The molecule has 0 fully saturated rings. The molecule has 0 saturated heterocycles. The SMILES string of the molecule is CC(=O)Nc1ccc(C(=O)COC(=O)c2cc(-c3cc(C)sc3C)nc3onc(C)c23)cc1. The van der Waals surface area contributed by atoms with E-state index in [1.165, 1.54) is 6.92 Å². The van der Waals surface area contributed by atoms with Gasteiger partial charge < -0.3 is 14.6 Å². The van der Waals surface area contributed by atoms with Gasteiger partial charge in [-0.1, -0.05) is 5.16 Å². The number of thiophene rings is 1. The van der Waals surface area contributed by atoms with Crippen molar-refractivity contribution in [3.63, 3.8) is 0 Å². The second kappa shape index (κ2) is 8.95. The number of Topliss-reactive ketones (excluding diaryl/α,β-unsaturated/α-hetero) is 1. The molecule has 8 nitrogen and oxygen atoms in total. The summed E-state index contributed by atoms with van der Waals surface area (Å²) in [5, 5.41) is 7.02. The zero-order chi connectivity index (χ0) is 23.7. The first kappa shape index (κ1) is 22.3. The number of carbonyl (C=O) groups excluding carboxylic acids is 3. The summed E-state index contributed by atoms with van der Waals surface area (Å²) >= 11 is 1.63. The first-order valence-electron chi connectivity index (χ1n) is 10.2. The predicted octanol–water partition coefficient (Wildman–Crippen LogP) is 4.87. The van der Waals surface area contributed by atoms with Gasteiger partial charge in [-0.05, 0) is 57.2 Å². The number of benzene rings is 1. The van der Waals surface area contributed by atoms with Crippen LogP contribution in [0.4, 0.5) is 5.69 Å². The number of carbonyl (C=O) groups is 3. The predicted molar refractivity (Wildman–Crippen MR) is 125 cm³/mol. The van der Waals surface area contributed by atoms with E-state index in [1.807, 2.05) is 19.9 Å². The zero-order valence-corrected chi connectivity index (χ0v) is 19.3. The Hall–Kier alpha value is -3.85. The summed E-state index contributed by atoms with van der Waals surface area (Å²) in [5.74, 6) is -1.24. The normalized spacial score (nSPS) is 10.9. The molecule has 0 unspecified atom stereocenters. The van der Waals surface area contributed by atoms with E-state index >= 15 is 0 Å². The minimum absolute atomic E-state index is 0.206. The number of hydrogen-bond acceptors (Lipinski definition) is 8. The van der Waals surface area contributed by atoms with Crippen LogP contribution in [0.15, 0.2) is 40.9 Å². The number of pyridine rings is 1. The number of nitrogens with one attached hydrogen (secondary N) is 1. The van der Waals surface area contributed by atoms with Gasteiger partial charge in [-0.15, -0.1) is 11.3 Å². The lowest BCUT2D eigenvalue weighted by molar-refractivity contribution is -0.114. The summed E-state index contributed by atoms with van der Waals surface area (Å²) in [6.45, 7) is 6.67. The molecule has 168 valence electrons. The number of anilines is 1. The maximum Gasteiger partial charge on any atom is 0.339 e. The van der Waals surface area contributed by atoms with Crippen molar-refractivity contribution in [1.82, 2.24) is 10.1 Å². The number of nitrogens with zero attached hydrogens (tertiary/aromatic N) is 2. The van der Waals surface area contributed by atoms with Gasteiger partial charge in [0.2, 0.25) is 5.91 Å². The van der Waals surface area contributed by atoms with Gasteiger partial charge in [-0.25, -0.2) is 9.78 Å². The standard InChI is InChI=1S/C24H21N3O5S/c1-12-9-18(14(3)33-12)20-10-19(22-13(2)27-32-23(22)26-20)24(30)31-11-21(29)16-5-7-17(8-6-16)25-15(4)28/h5-10H,11H2,1-4H3,(H,25,28). The lowest BCUT2D eigenvalue weighted by Gasteiger charge is -2.08. The number of ether oxygens (including phenoxy) is 1. The Morgan fingerprint density at radius 2 is 1.82 bits per heavy atom. The number of fused-ring (bicyclic) bond motifs is 1. The molecule has 0 atom stereocenters. The van der Waals surface area contributed by atoms with Crippen LogP contribution in [0.5, 0.6) is 0 Å². The molecular formula is C24H21N3O5S. The highest BCUT2D eigenvalue weighted by Gasteiger charge is 2.22. The van der Waals surface area contributed by atoms with Crippen molar-refractivity contribution in [2.24, 2.45) is 0 Å². The maximum absolute atomic E-state index is 13.0. The smallest absolute Gasteiger partial charge is 0.339 e. The summed E-state index contributed by atoms with van der Waals surface area (Å²) in [6, 6.07) is 10.0. The quantitative estimate of drug-likeness (QED) is 0.321. The highest BCUT2D eigenvalue weighted by atomic mass is 32.1. The van der Waals surface area contributed by atoms with Gasteiger partial charge in [0.1, 0.15) is 0 Å². The van der Waals surface area contributed by atoms with E-state index in [4.69, 9.17) is 9.26 Å². The van der Waals surface area contributed by atoms with Crippen molar-refractivity contribution in [2.75, 3.05) is 11.9 Å². The van der Waals surface area contributed by atoms with Crippen LogP contribution in [-0.4, -0.2) is 34.4 Å². The summed E-state index contributed by atoms with van der Waals surface area (Å²) < 4.78 is 10.7. The Morgan fingerprint density at radius 1 is 1.09 bits per heavy atom. The van der Waals surface area contributed by atoms with Gasteiger partial charge in [-0.2, -0.15) is 0 Å². The van der Waals surface area contributed by atoms with E-state index in [0.29, 0.717) is 28.0 Å². The minimum Gasteiger partial charge on any atom is -0.454 e. The van der Waals surface area contributed by atoms with Crippen LogP contribution in [0.1, 0.15) is 43.1 Å². The zero-order valence-electron chi connectivity index (χ0n) is 18.5. The Labute approximate surface area is 193 Å². The topological polar surface area (TPSA) is 111 Å². The lowest BCUT2D eigenvalue weighted by atomic mass is 10.1. The molecule has 3 aromatic heterocycles.